The topological polar surface area (TPSA) is 65.8 Å². The van der Waals surface area contributed by atoms with Crippen molar-refractivity contribution in [2.75, 3.05) is 19.6 Å². The van der Waals surface area contributed by atoms with Gasteiger partial charge in [-0.2, -0.15) is 0 Å². The molecular weight excluding hydrogens is 400 g/mol. The molecule has 1 saturated heterocycles. The lowest BCUT2D eigenvalue weighted by atomic mass is 9.83. The van der Waals surface area contributed by atoms with Crippen LogP contribution in [0.4, 0.5) is 0 Å². The Labute approximate surface area is 190 Å². The summed E-state index contributed by atoms with van der Waals surface area (Å²) in [5.74, 6) is 0.682. The summed E-state index contributed by atoms with van der Waals surface area (Å²) in [4.78, 5) is 6.63. The minimum absolute atomic E-state index is 0.0927. The Kier molecular flexibility index (Phi) is 6.52. The average Bonchev–Trinajstić information content (AvgIpc) is 2.78. The molecule has 2 heterocycles. The first kappa shape index (κ1) is 22.7. The third-order valence-corrected chi connectivity index (χ3v) is 6.54. The van der Waals surface area contributed by atoms with Crippen LogP contribution in [0.25, 0.3) is 10.8 Å². The number of fused-ring (bicyclic) bond motifs is 1. The van der Waals surface area contributed by atoms with Crippen molar-refractivity contribution in [3.63, 3.8) is 0 Å². The molecule has 1 aliphatic heterocycles. The van der Waals surface area contributed by atoms with E-state index in [1.54, 1.807) is 6.20 Å². The normalized spacial score (nSPS) is 17.9. The lowest BCUT2D eigenvalue weighted by Gasteiger charge is -2.39. The molecule has 0 spiro atoms. The Morgan fingerprint density at radius 3 is 2.41 bits per heavy atom. The van der Waals surface area contributed by atoms with E-state index in [9.17, 15) is 10.2 Å². The molecule has 1 aromatic heterocycles. The molecule has 4 rings (SSSR count). The van der Waals surface area contributed by atoms with Crippen LogP contribution in [0, 0.1) is 0 Å². The van der Waals surface area contributed by atoms with Crippen LogP contribution in [0.5, 0.6) is 5.75 Å². The Balaban J connectivity index is 1.29. The highest BCUT2D eigenvalue weighted by atomic mass is 16.6. The van der Waals surface area contributed by atoms with Crippen LogP contribution in [-0.2, 0) is 11.0 Å². The number of likely N-dealkylation sites (tertiary alicyclic amines) is 1. The quantitative estimate of drug-likeness (QED) is 0.555. The Hall–Kier alpha value is -2.47. The number of pyridine rings is 1. The van der Waals surface area contributed by atoms with E-state index in [1.165, 1.54) is 5.56 Å². The number of piperidine rings is 1. The summed E-state index contributed by atoms with van der Waals surface area (Å²) in [6.07, 6.45) is 4.62. The average molecular weight is 435 g/mol. The summed E-state index contributed by atoms with van der Waals surface area (Å²) < 4.78 is 5.70. The molecule has 0 saturated carbocycles. The van der Waals surface area contributed by atoms with Gasteiger partial charge in [0.15, 0.2) is 6.29 Å². The third-order valence-electron chi connectivity index (χ3n) is 6.54. The zero-order valence-electron chi connectivity index (χ0n) is 19.3. The number of nitrogens with zero attached hydrogens (tertiary/aromatic N) is 2. The summed E-state index contributed by atoms with van der Waals surface area (Å²) in [5, 5.41) is 23.8. The summed E-state index contributed by atoms with van der Waals surface area (Å²) in [7, 11) is 0. The highest BCUT2D eigenvalue weighted by Gasteiger charge is 2.35. The molecule has 1 fully saturated rings. The molecule has 2 N–H and O–H groups in total. The van der Waals surface area contributed by atoms with Gasteiger partial charge in [-0.3, -0.25) is 4.98 Å². The largest absolute Gasteiger partial charge is 0.465 e. The minimum Gasteiger partial charge on any atom is -0.465 e. The van der Waals surface area contributed by atoms with E-state index >= 15 is 0 Å². The molecule has 1 unspecified atom stereocenters. The fourth-order valence-corrected chi connectivity index (χ4v) is 4.45. The molecule has 5 nitrogen and oxygen atoms in total. The summed E-state index contributed by atoms with van der Waals surface area (Å²) >= 11 is 0. The molecule has 32 heavy (non-hydrogen) atoms. The predicted octanol–water partition coefficient (Wildman–Crippen LogP) is 4.60. The zero-order chi connectivity index (χ0) is 22.8. The smallest absolute Gasteiger partial charge is 0.198 e. The molecule has 1 aliphatic rings. The molecule has 2 aromatic carbocycles. The first-order valence-electron chi connectivity index (χ1n) is 11.5. The summed E-state index contributed by atoms with van der Waals surface area (Å²) in [6, 6.07) is 16.0. The zero-order valence-corrected chi connectivity index (χ0v) is 19.3. The molecule has 170 valence electrons. The van der Waals surface area contributed by atoms with Crippen molar-refractivity contribution < 1.29 is 14.9 Å². The number of hydrogen-bond donors (Lipinski definition) is 2. The van der Waals surface area contributed by atoms with Crippen LogP contribution in [-0.4, -0.2) is 46.0 Å². The molecule has 0 bridgehead atoms. The van der Waals surface area contributed by atoms with E-state index in [-0.39, 0.29) is 5.41 Å². The van der Waals surface area contributed by atoms with Crippen molar-refractivity contribution in [1.82, 2.24) is 9.88 Å². The van der Waals surface area contributed by atoms with Crippen LogP contribution in [0.15, 0.2) is 60.9 Å². The van der Waals surface area contributed by atoms with E-state index in [4.69, 9.17) is 4.74 Å². The summed E-state index contributed by atoms with van der Waals surface area (Å²) in [5.41, 5.74) is 1.38. The van der Waals surface area contributed by atoms with Crippen molar-refractivity contribution in [2.45, 2.75) is 57.3 Å². The first-order chi connectivity index (χ1) is 15.2. The Morgan fingerprint density at radius 1 is 1.03 bits per heavy atom. The third kappa shape index (κ3) is 5.12. The van der Waals surface area contributed by atoms with Gasteiger partial charge >= 0.3 is 0 Å². The lowest BCUT2D eigenvalue weighted by Crippen LogP contribution is -2.43. The van der Waals surface area contributed by atoms with Gasteiger partial charge in [0.05, 0.1) is 5.60 Å². The second kappa shape index (κ2) is 9.18. The molecular formula is C27H34N2O3. The highest BCUT2D eigenvalue weighted by molar-refractivity contribution is 5.85. The molecule has 1 atom stereocenters. The monoisotopic (exact) mass is 434 g/mol. The Bertz CT molecular complexity index is 1030. The van der Waals surface area contributed by atoms with E-state index in [2.05, 4.69) is 48.9 Å². The van der Waals surface area contributed by atoms with Crippen molar-refractivity contribution >= 4 is 10.8 Å². The second-order valence-corrected chi connectivity index (χ2v) is 9.92. The van der Waals surface area contributed by atoms with Crippen LogP contribution >= 0.6 is 0 Å². The van der Waals surface area contributed by atoms with Crippen molar-refractivity contribution in [1.29, 1.82) is 0 Å². The Morgan fingerprint density at radius 2 is 1.72 bits per heavy atom. The number of benzene rings is 2. The number of rotatable bonds is 6. The van der Waals surface area contributed by atoms with E-state index < -0.39 is 11.9 Å². The lowest BCUT2D eigenvalue weighted by molar-refractivity contribution is -0.0472. The van der Waals surface area contributed by atoms with Gasteiger partial charge in [-0.15, -0.1) is 0 Å². The van der Waals surface area contributed by atoms with Gasteiger partial charge in [-0.1, -0.05) is 57.2 Å². The van der Waals surface area contributed by atoms with E-state index in [1.807, 2.05) is 36.5 Å². The van der Waals surface area contributed by atoms with Crippen molar-refractivity contribution in [3.8, 4) is 5.75 Å². The molecule has 0 amide bonds. The van der Waals surface area contributed by atoms with E-state index in [0.717, 1.165) is 36.0 Å². The maximum atomic E-state index is 11.4. The second-order valence-electron chi connectivity index (χ2n) is 9.92. The maximum absolute atomic E-state index is 11.4. The van der Waals surface area contributed by atoms with Gasteiger partial charge in [0.1, 0.15) is 5.75 Å². The highest BCUT2D eigenvalue weighted by Crippen LogP contribution is 2.36. The van der Waals surface area contributed by atoms with Crippen LogP contribution in [0.3, 0.4) is 0 Å². The van der Waals surface area contributed by atoms with Crippen molar-refractivity contribution in [3.05, 3.63) is 72.1 Å². The minimum atomic E-state index is -0.867. The molecule has 3 aromatic rings. The van der Waals surface area contributed by atoms with Crippen LogP contribution in [0.2, 0.25) is 0 Å². The van der Waals surface area contributed by atoms with Gasteiger partial charge in [-0.25, -0.2) is 0 Å². The SMILES string of the molecule is CC(C)(C)c1ccc(OC(O)CCN2CCC(O)(c3cncc4ccccc34)CC2)cc1. The molecule has 5 heteroatoms. The number of ether oxygens (including phenoxy) is 1. The summed E-state index contributed by atoms with van der Waals surface area (Å²) in [6.45, 7) is 8.79. The first-order valence-corrected chi connectivity index (χ1v) is 11.5. The van der Waals surface area contributed by atoms with Crippen LogP contribution < -0.4 is 4.74 Å². The van der Waals surface area contributed by atoms with Gasteiger partial charge in [-0.05, 0) is 41.3 Å². The number of aliphatic hydroxyl groups excluding tert-OH is 1. The van der Waals surface area contributed by atoms with Crippen molar-refractivity contribution in [2.24, 2.45) is 0 Å². The predicted molar refractivity (Wildman–Crippen MR) is 128 cm³/mol. The van der Waals surface area contributed by atoms with Gasteiger partial charge in [0.2, 0.25) is 0 Å². The standard InChI is InChI=1S/C27H34N2O3/c1-26(2,3)21-8-10-22(11-9-21)32-25(30)12-15-29-16-13-27(31,14-17-29)24-19-28-18-20-6-4-5-7-23(20)24/h4-11,18-19,25,30-31H,12-17H2,1-3H3. The van der Waals surface area contributed by atoms with Gasteiger partial charge in [0.25, 0.3) is 0 Å². The molecule has 0 aliphatic carbocycles. The van der Waals surface area contributed by atoms with E-state index in [0.29, 0.717) is 25.0 Å². The number of hydrogen-bond acceptors (Lipinski definition) is 5. The maximum Gasteiger partial charge on any atom is 0.198 e. The number of aromatic nitrogens is 1. The van der Waals surface area contributed by atoms with Gasteiger partial charge in [0, 0.05) is 49.4 Å². The fraction of sp³-hybridized carbons (Fsp3) is 0.444. The fourth-order valence-electron chi connectivity index (χ4n) is 4.45. The van der Waals surface area contributed by atoms with Gasteiger partial charge < -0.3 is 19.8 Å². The molecule has 0 radical (unpaired) electrons. The van der Waals surface area contributed by atoms with Crippen LogP contribution in [0.1, 0.15) is 51.2 Å². The number of aliphatic hydroxyl groups is 2.